The average Bonchev–Trinajstić information content (AvgIpc) is 3.46. The standard InChI is InChI=1S/C25H24BrN5O4/c1-33-14-18-10-17(13-28-18)29-24(32)22-12-20(8-9-27-22)34-19-6-7-23-21(11-19)31-25(35-23)30-16-4-2-15(26)3-5-16/h2-9,11-12,17-18,28H,10,13-14H2,1H3,(H,29,32)(H,30,31)/t17-,18-/m1/s1. The van der Waals surface area contributed by atoms with Gasteiger partial charge in [0.1, 0.15) is 22.7 Å². The van der Waals surface area contributed by atoms with Crippen molar-refractivity contribution in [3.63, 3.8) is 0 Å². The number of benzene rings is 2. The van der Waals surface area contributed by atoms with Gasteiger partial charge in [-0.1, -0.05) is 15.9 Å². The number of ether oxygens (including phenoxy) is 2. The molecule has 0 saturated carbocycles. The van der Waals surface area contributed by atoms with Crippen LogP contribution in [0, 0.1) is 0 Å². The molecule has 0 spiro atoms. The van der Waals surface area contributed by atoms with Crippen molar-refractivity contribution < 1.29 is 18.7 Å². The van der Waals surface area contributed by atoms with E-state index in [1.54, 1.807) is 43.6 Å². The second-order valence-corrected chi connectivity index (χ2v) is 9.14. The fraction of sp³-hybridized carbons (Fsp3) is 0.240. The van der Waals surface area contributed by atoms with E-state index in [1.807, 2.05) is 24.3 Å². The van der Waals surface area contributed by atoms with Crippen LogP contribution in [0.15, 0.2) is 69.7 Å². The highest BCUT2D eigenvalue weighted by Gasteiger charge is 2.25. The minimum Gasteiger partial charge on any atom is -0.457 e. The van der Waals surface area contributed by atoms with E-state index in [9.17, 15) is 4.79 Å². The number of nitrogens with zero attached hydrogens (tertiary/aromatic N) is 2. The Hall–Kier alpha value is -3.47. The van der Waals surface area contributed by atoms with Crippen LogP contribution >= 0.6 is 15.9 Å². The number of carbonyl (C=O) groups is 1. The van der Waals surface area contributed by atoms with Gasteiger partial charge >= 0.3 is 0 Å². The van der Waals surface area contributed by atoms with Crippen LogP contribution in [0.5, 0.6) is 11.5 Å². The van der Waals surface area contributed by atoms with E-state index >= 15 is 0 Å². The molecule has 2 atom stereocenters. The topological polar surface area (TPSA) is 111 Å². The Morgan fingerprint density at radius 2 is 2.00 bits per heavy atom. The van der Waals surface area contributed by atoms with Gasteiger partial charge in [0.2, 0.25) is 0 Å². The van der Waals surface area contributed by atoms with Crippen molar-refractivity contribution in [3.8, 4) is 11.5 Å². The number of oxazole rings is 1. The van der Waals surface area contributed by atoms with Crippen LogP contribution in [0.2, 0.25) is 0 Å². The summed E-state index contributed by atoms with van der Waals surface area (Å²) in [5, 5.41) is 9.50. The molecule has 2 aromatic heterocycles. The summed E-state index contributed by atoms with van der Waals surface area (Å²) < 4.78 is 17.9. The molecule has 3 N–H and O–H groups in total. The molecule has 0 bridgehead atoms. The quantitative estimate of drug-likeness (QED) is 0.298. The molecule has 1 amide bonds. The monoisotopic (exact) mass is 537 g/mol. The zero-order valence-corrected chi connectivity index (χ0v) is 20.5. The Kier molecular flexibility index (Phi) is 6.94. The number of fused-ring (bicyclic) bond motifs is 1. The van der Waals surface area contributed by atoms with Crippen LogP contribution in [-0.2, 0) is 4.74 Å². The minimum atomic E-state index is -0.240. The lowest BCUT2D eigenvalue weighted by molar-refractivity contribution is 0.0933. The van der Waals surface area contributed by atoms with Gasteiger partial charge in [-0.2, -0.15) is 4.98 Å². The number of amides is 1. The molecule has 1 saturated heterocycles. The van der Waals surface area contributed by atoms with Crippen molar-refractivity contribution in [2.75, 3.05) is 25.6 Å². The number of halogens is 1. The summed E-state index contributed by atoms with van der Waals surface area (Å²) in [7, 11) is 1.67. The number of anilines is 2. The van der Waals surface area contributed by atoms with Crippen molar-refractivity contribution in [3.05, 3.63) is 71.0 Å². The molecule has 180 valence electrons. The first-order chi connectivity index (χ1) is 17.1. The first-order valence-electron chi connectivity index (χ1n) is 11.2. The van der Waals surface area contributed by atoms with Crippen LogP contribution < -0.4 is 20.7 Å². The maximum absolute atomic E-state index is 12.7. The summed E-state index contributed by atoms with van der Waals surface area (Å²) in [6.07, 6.45) is 2.37. The predicted octanol–water partition coefficient (Wildman–Crippen LogP) is 4.63. The Labute approximate surface area is 210 Å². The molecule has 10 heteroatoms. The Morgan fingerprint density at radius 1 is 1.17 bits per heavy atom. The minimum absolute atomic E-state index is 0.0313. The Bertz CT molecular complexity index is 1330. The zero-order valence-electron chi connectivity index (χ0n) is 19.0. The van der Waals surface area contributed by atoms with E-state index in [-0.39, 0.29) is 18.0 Å². The highest BCUT2D eigenvalue weighted by Crippen LogP contribution is 2.28. The number of aromatic nitrogens is 2. The number of hydrogen-bond donors (Lipinski definition) is 3. The second kappa shape index (κ2) is 10.4. The first kappa shape index (κ1) is 23.3. The fourth-order valence-electron chi connectivity index (χ4n) is 3.93. The summed E-state index contributed by atoms with van der Waals surface area (Å²) in [4.78, 5) is 21.4. The molecule has 9 nitrogen and oxygen atoms in total. The molecule has 5 rings (SSSR count). The lowest BCUT2D eigenvalue weighted by Crippen LogP contribution is -2.36. The Morgan fingerprint density at radius 3 is 2.83 bits per heavy atom. The molecule has 35 heavy (non-hydrogen) atoms. The summed E-state index contributed by atoms with van der Waals surface area (Å²) in [5.74, 6) is 0.833. The van der Waals surface area contributed by atoms with Gasteiger partial charge in [-0.15, -0.1) is 0 Å². The van der Waals surface area contributed by atoms with E-state index in [0.717, 1.165) is 16.6 Å². The number of pyridine rings is 1. The van der Waals surface area contributed by atoms with Gasteiger partial charge < -0.3 is 29.8 Å². The maximum Gasteiger partial charge on any atom is 0.300 e. The van der Waals surface area contributed by atoms with Crippen LogP contribution in [0.3, 0.4) is 0 Å². The zero-order chi connectivity index (χ0) is 24.2. The van der Waals surface area contributed by atoms with Crippen LogP contribution in [0.4, 0.5) is 11.7 Å². The van der Waals surface area contributed by atoms with Crippen LogP contribution in [-0.4, -0.2) is 48.2 Å². The van der Waals surface area contributed by atoms with Gasteiger partial charge in [-0.05, 0) is 48.9 Å². The third-order valence-electron chi connectivity index (χ3n) is 5.58. The summed E-state index contributed by atoms with van der Waals surface area (Å²) in [6.45, 7) is 1.32. The Balaban J connectivity index is 1.24. The third-order valence-corrected chi connectivity index (χ3v) is 6.11. The highest BCUT2D eigenvalue weighted by molar-refractivity contribution is 9.10. The normalized spacial score (nSPS) is 17.4. The fourth-order valence-corrected chi connectivity index (χ4v) is 4.20. The summed E-state index contributed by atoms with van der Waals surface area (Å²) >= 11 is 3.42. The number of nitrogens with one attached hydrogen (secondary N) is 3. The predicted molar refractivity (Wildman–Crippen MR) is 135 cm³/mol. The van der Waals surface area contributed by atoms with Crippen molar-refractivity contribution in [2.45, 2.75) is 18.5 Å². The van der Waals surface area contributed by atoms with Gasteiger partial charge in [-0.3, -0.25) is 9.78 Å². The van der Waals surface area contributed by atoms with Gasteiger partial charge in [0.05, 0.1) is 6.61 Å². The van der Waals surface area contributed by atoms with Crippen molar-refractivity contribution in [1.82, 2.24) is 20.6 Å². The number of methoxy groups -OCH3 is 1. The van der Waals surface area contributed by atoms with E-state index in [4.69, 9.17) is 13.9 Å². The molecule has 0 radical (unpaired) electrons. The lowest BCUT2D eigenvalue weighted by Gasteiger charge is -2.12. The van der Waals surface area contributed by atoms with Crippen LogP contribution in [0.1, 0.15) is 16.9 Å². The molecule has 0 unspecified atom stereocenters. The van der Waals surface area contributed by atoms with E-state index in [0.29, 0.717) is 47.5 Å². The van der Waals surface area contributed by atoms with Crippen LogP contribution in [0.25, 0.3) is 11.1 Å². The molecule has 1 aliphatic rings. The molecule has 4 aromatic rings. The SMILES string of the molecule is COC[C@H]1C[C@@H](NC(=O)c2cc(Oc3ccc4oc(Nc5ccc(Br)cc5)nc4c3)ccn2)CN1. The number of carbonyl (C=O) groups excluding carboxylic acids is 1. The summed E-state index contributed by atoms with van der Waals surface area (Å²) in [5.41, 5.74) is 2.43. The molecule has 2 aromatic carbocycles. The molecule has 1 fully saturated rings. The third kappa shape index (κ3) is 5.79. The van der Waals surface area contributed by atoms with Gasteiger partial charge in [-0.25, -0.2) is 0 Å². The maximum atomic E-state index is 12.7. The van der Waals surface area contributed by atoms with Gasteiger partial charge in [0, 0.05) is 54.2 Å². The van der Waals surface area contributed by atoms with E-state index < -0.39 is 0 Å². The average molecular weight is 538 g/mol. The first-order valence-corrected chi connectivity index (χ1v) is 12.0. The van der Waals surface area contributed by atoms with E-state index in [1.165, 1.54) is 0 Å². The molecule has 1 aliphatic heterocycles. The second-order valence-electron chi connectivity index (χ2n) is 8.23. The number of hydrogen-bond acceptors (Lipinski definition) is 8. The number of rotatable bonds is 8. The van der Waals surface area contributed by atoms with Gasteiger partial charge in [0.25, 0.3) is 11.9 Å². The highest BCUT2D eigenvalue weighted by atomic mass is 79.9. The molecular weight excluding hydrogens is 514 g/mol. The van der Waals surface area contributed by atoms with Crippen molar-refractivity contribution in [1.29, 1.82) is 0 Å². The largest absolute Gasteiger partial charge is 0.457 e. The smallest absolute Gasteiger partial charge is 0.300 e. The molecule has 3 heterocycles. The van der Waals surface area contributed by atoms with Gasteiger partial charge in [0.15, 0.2) is 5.58 Å². The molecule has 0 aliphatic carbocycles. The lowest BCUT2D eigenvalue weighted by atomic mass is 10.2. The molecular formula is C25H24BrN5O4. The van der Waals surface area contributed by atoms with E-state index in [2.05, 4.69) is 41.8 Å². The van der Waals surface area contributed by atoms with Crippen molar-refractivity contribution >= 4 is 44.6 Å². The summed E-state index contributed by atoms with van der Waals surface area (Å²) in [6, 6.07) is 17.1. The van der Waals surface area contributed by atoms with Crippen molar-refractivity contribution in [2.24, 2.45) is 0 Å².